The number of halogens is 1. The van der Waals surface area contributed by atoms with E-state index in [4.69, 9.17) is 16.3 Å². The minimum absolute atomic E-state index is 0.242. The first-order chi connectivity index (χ1) is 11.1. The van der Waals surface area contributed by atoms with Gasteiger partial charge in [0.1, 0.15) is 12.0 Å². The Bertz CT molecular complexity index is 861. The Morgan fingerprint density at radius 1 is 1.17 bits per heavy atom. The molecule has 2 aromatic heterocycles. The average Bonchev–Trinajstić information content (AvgIpc) is 3.03. The SMILES string of the molecule is O=C(COC(=O)c1cccc2nncn12)Nc1ccc(Cl)cc1. The van der Waals surface area contributed by atoms with Crippen LogP contribution in [0.1, 0.15) is 10.5 Å². The lowest BCUT2D eigenvalue weighted by molar-refractivity contribution is -0.119. The fraction of sp³-hybridized carbons (Fsp3) is 0.0667. The molecule has 116 valence electrons. The van der Waals surface area contributed by atoms with Gasteiger partial charge in [0, 0.05) is 10.7 Å². The molecule has 0 bridgehead atoms. The number of carbonyl (C=O) groups is 2. The van der Waals surface area contributed by atoms with Crippen molar-refractivity contribution in [2.45, 2.75) is 0 Å². The van der Waals surface area contributed by atoms with Crippen molar-refractivity contribution in [3.8, 4) is 0 Å². The first kappa shape index (κ1) is 15.0. The van der Waals surface area contributed by atoms with E-state index in [1.165, 1.54) is 10.7 Å². The lowest BCUT2D eigenvalue weighted by Gasteiger charge is -2.07. The Balaban J connectivity index is 1.61. The summed E-state index contributed by atoms with van der Waals surface area (Å²) in [5.41, 5.74) is 1.33. The number of fused-ring (bicyclic) bond motifs is 1. The van der Waals surface area contributed by atoms with Crippen molar-refractivity contribution < 1.29 is 14.3 Å². The predicted octanol–water partition coefficient (Wildman–Crippen LogP) is 2.18. The van der Waals surface area contributed by atoms with E-state index in [2.05, 4.69) is 15.5 Å². The lowest BCUT2D eigenvalue weighted by atomic mass is 10.3. The van der Waals surface area contributed by atoms with Crippen LogP contribution in [0.2, 0.25) is 5.02 Å². The topological polar surface area (TPSA) is 85.6 Å². The molecule has 2 heterocycles. The molecule has 0 radical (unpaired) electrons. The van der Waals surface area contributed by atoms with Gasteiger partial charge in [-0.25, -0.2) is 4.79 Å². The third-order valence-electron chi connectivity index (χ3n) is 3.00. The van der Waals surface area contributed by atoms with Crippen molar-refractivity contribution in [3.05, 3.63) is 59.5 Å². The van der Waals surface area contributed by atoms with Crippen LogP contribution in [0.15, 0.2) is 48.8 Å². The highest BCUT2D eigenvalue weighted by Gasteiger charge is 2.14. The van der Waals surface area contributed by atoms with Crippen molar-refractivity contribution in [3.63, 3.8) is 0 Å². The van der Waals surface area contributed by atoms with Crippen molar-refractivity contribution in [1.29, 1.82) is 0 Å². The van der Waals surface area contributed by atoms with Crippen molar-refractivity contribution >= 4 is 34.8 Å². The molecule has 1 aromatic carbocycles. The van der Waals surface area contributed by atoms with Crippen LogP contribution in [-0.4, -0.2) is 33.1 Å². The summed E-state index contributed by atoms with van der Waals surface area (Å²) in [5, 5.41) is 10.7. The summed E-state index contributed by atoms with van der Waals surface area (Å²) < 4.78 is 6.50. The number of carbonyl (C=O) groups excluding carboxylic acids is 2. The molecule has 0 aliphatic rings. The van der Waals surface area contributed by atoms with Crippen molar-refractivity contribution in [2.75, 3.05) is 11.9 Å². The van der Waals surface area contributed by atoms with Crippen LogP contribution in [0, 0.1) is 0 Å². The number of ether oxygens (including phenoxy) is 1. The third-order valence-corrected chi connectivity index (χ3v) is 3.26. The molecule has 23 heavy (non-hydrogen) atoms. The van der Waals surface area contributed by atoms with Gasteiger partial charge >= 0.3 is 5.97 Å². The number of aromatic nitrogens is 3. The van der Waals surface area contributed by atoms with E-state index >= 15 is 0 Å². The van der Waals surface area contributed by atoms with E-state index in [1.54, 1.807) is 42.5 Å². The van der Waals surface area contributed by atoms with Crippen LogP contribution in [0.5, 0.6) is 0 Å². The highest BCUT2D eigenvalue weighted by atomic mass is 35.5. The standard InChI is InChI=1S/C15H11ClN4O3/c16-10-4-6-11(7-5-10)18-14(21)8-23-15(22)12-2-1-3-13-19-17-9-20(12)13/h1-7,9H,8H2,(H,18,21). The maximum Gasteiger partial charge on any atom is 0.355 e. The monoisotopic (exact) mass is 330 g/mol. The number of rotatable bonds is 4. The van der Waals surface area contributed by atoms with E-state index in [0.717, 1.165) is 0 Å². The molecule has 0 spiro atoms. The Morgan fingerprint density at radius 3 is 2.74 bits per heavy atom. The van der Waals surface area contributed by atoms with Gasteiger partial charge in [-0.2, -0.15) is 0 Å². The molecule has 0 aliphatic carbocycles. The van der Waals surface area contributed by atoms with Crippen LogP contribution >= 0.6 is 11.6 Å². The second-order valence-corrected chi connectivity index (χ2v) is 5.04. The smallest absolute Gasteiger partial charge is 0.355 e. The van der Waals surface area contributed by atoms with E-state index in [9.17, 15) is 9.59 Å². The quantitative estimate of drug-likeness (QED) is 0.741. The zero-order valence-electron chi connectivity index (χ0n) is 11.8. The molecular weight excluding hydrogens is 320 g/mol. The maximum atomic E-state index is 12.1. The Hall–Kier alpha value is -2.93. The van der Waals surface area contributed by atoms with Gasteiger partial charge in [0.25, 0.3) is 5.91 Å². The fourth-order valence-electron chi connectivity index (χ4n) is 1.95. The van der Waals surface area contributed by atoms with Gasteiger partial charge in [-0.1, -0.05) is 17.7 Å². The Morgan fingerprint density at radius 2 is 1.96 bits per heavy atom. The molecule has 0 atom stereocenters. The molecular formula is C15H11ClN4O3. The summed E-state index contributed by atoms with van der Waals surface area (Å²) in [7, 11) is 0. The second-order valence-electron chi connectivity index (χ2n) is 4.60. The number of esters is 1. The third kappa shape index (κ3) is 3.46. The molecule has 0 saturated heterocycles. The Kier molecular flexibility index (Phi) is 4.20. The number of benzene rings is 1. The normalized spacial score (nSPS) is 10.5. The van der Waals surface area contributed by atoms with Gasteiger partial charge < -0.3 is 10.1 Å². The molecule has 0 saturated carbocycles. The van der Waals surface area contributed by atoms with E-state index < -0.39 is 18.5 Å². The van der Waals surface area contributed by atoms with Gasteiger partial charge in [-0.05, 0) is 36.4 Å². The first-order valence-electron chi connectivity index (χ1n) is 6.65. The second kappa shape index (κ2) is 6.45. The molecule has 3 rings (SSSR count). The van der Waals surface area contributed by atoms with Gasteiger partial charge in [0.05, 0.1) is 0 Å². The van der Waals surface area contributed by atoms with E-state index in [-0.39, 0.29) is 5.69 Å². The number of amides is 1. The zero-order valence-corrected chi connectivity index (χ0v) is 12.5. The fourth-order valence-corrected chi connectivity index (χ4v) is 2.08. The minimum Gasteiger partial charge on any atom is -0.451 e. The Labute approximate surface area is 135 Å². The maximum absolute atomic E-state index is 12.1. The minimum atomic E-state index is -0.637. The molecule has 0 unspecified atom stereocenters. The largest absolute Gasteiger partial charge is 0.451 e. The highest BCUT2D eigenvalue weighted by Crippen LogP contribution is 2.13. The number of nitrogens with one attached hydrogen (secondary N) is 1. The van der Waals surface area contributed by atoms with Gasteiger partial charge in [0.15, 0.2) is 12.3 Å². The number of anilines is 1. The van der Waals surface area contributed by atoms with Crippen LogP contribution in [0.3, 0.4) is 0 Å². The summed E-state index contributed by atoms with van der Waals surface area (Å²) in [6, 6.07) is 11.5. The molecule has 3 aromatic rings. The van der Waals surface area contributed by atoms with Gasteiger partial charge in [-0.15, -0.1) is 10.2 Å². The molecule has 1 N–H and O–H groups in total. The van der Waals surface area contributed by atoms with E-state index in [0.29, 0.717) is 16.4 Å². The molecule has 8 heteroatoms. The molecule has 1 amide bonds. The number of hydrogen-bond acceptors (Lipinski definition) is 5. The number of hydrogen-bond donors (Lipinski definition) is 1. The molecule has 0 aliphatic heterocycles. The van der Waals surface area contributed by atoms with Crippen molar-refractivity contribution in [1.82, 2.24) is 14.6 Å². The van der Waals surface area contributed by atoms with Crippen LogP contribution in [0.25, 0.3) is 5.65 Å². The van der Waals surface area contributed by atoms with Crippen LogP contribution in [-0.2, 0) is 9.53 Å². The number of nitrogens with zero attached hydrogens (tertiary/aromatic N) is 3. The summed E-state index contributed by atoms with van der Waals surface area (Å²) in [6.45, 7) is -0.403. The zero-order chi connectivity index (χ0) is 16.2. The van der Waals surface area contributed by atoms with Crippen LogP contribution in [0.4, 0.5) is 5.69 Å². The van der Waals surface area contributed by atoms with Gasteiger partial charge in [-0.3, -0.25) is 9.20 Å². The van der Waals surface area contributed by atoms with Gasteiger partial charge in [0.2, 0.25) is 0 Å². The first-order valence-corrected chi connectivity index (χ1v) is 7.02. The number of pyridine rings is 1. The summed E-state index contributed by atoms with van der Waals surface area (Å²) in [4.78, 5) is 23.9. The summed E-state index contributed by atoms with van der Waals surface area (Å²) in [5.74, 6) is -1.08. The van der Waals surface area contributed by atoms with Crippen molar-refractivity contribution in [2.24, 2.45) is 0 Å². The average molecular weight is 331 g/mol. The molecule has 7 nitrogen and oxygen atoms in total. The predicted molar refractivity (Wildman–Crippen MR) is 83.4 cm³/mol. The van der Waals surface area contributed by atoms with E-state index in [1.807, 2.05) is 0 Å². The lowest BCUT2D eigenvalue weighted by Crippen LogP contribution is -2.21. The summed E-state index contributed by atoms with van der Waals surface area (Å²) in [6.07, 6.45) is 1.40. The molecule has 0 fully saturated rings. The highest BCUT2D eigenvalue weighted by molar-refractivity contribution is 6.30. The van der Waals surface area contributed by atoms with Crippen LogP contribution < -0.4 is 5.32 Å². The summed E-state index contributed by atoms with van der Waals surface area (Å²) >= 11 is 5.76.